The highest BCUT2D eigenvalue weighted by molar-refractivity contribution is 5.81. The predicted octanol–water partition coefficient (Wildman–Crippen LogP) is 2.09. The maximum absolute atomic E-state index is 11.8. The number of rotatable bonds is 4. The molecule has 5 heteroatoms. The minimum atomic E-state index is -0.341. The number of hydrogen-bond donors (Lipinski definition) is 2. The van der Waals surface area contributed by atoms with Crippen LogP contribution < -0.4 is 10.6 Å². The minimum Gasteiger partial charge on any atom is -0.357 e. The molecular weight excluding hydrogens is 276 g/mol. The highest BCUT2D eigenvalue weighted by Crippen LogP contribution is 2.20. The summed E-state index contributed by atoms with van der Waals surface area (Å²) in [6.07, 6.45) is 1.29. The van der Waals surface area contributed by atoms with Gasteiger partial charge in [-0.1, -0.05) is 34.6 Å². The fourth-order valence-electron chi connectivity index (χ4n) is 2.86. The number of amides is 1. The van der Waals surface area contributed by atoms with E-state index in [0.29, 0.717) is 24.9 Å². The molecule has 2 N–H and O–H groups in total. The van der Waals surface area contributed by atoms with Gasteiger partial charge in [0.2, 0.25) is 5.91 Å². The lowest BCUT2D eigenvalue weighted by molar-refractivity contribution is -0.128. The standard InChI is InChI=1S/C17H34N4O/c1-7-18-16(21-11-13(2)10-14(3)12-21)20-9-8-19-15(22)17(4,5)6/h13-14H,7-12H2,1-6H3,(H,18,20)(H,19,22). The van der Waals surface area contributed by atoms with Crippen LogP contribution in [0.2, 0.25) is 0 Å². The van der Waals surface area contributed by atoms with Gasteiger partial charge in [0.1, 0.15) is 0 Å². The molecule has 1 saturated heterocycles. The molecule has 0 aromatic rings. The Kier molecular flexibility index (Phi) is 7.17. The van der Waals surface area contributed by atoms with Crippen LogP contribution in [0.15, 0.2) is 4.99 Å². The van der Waals surface area contributed by atoms with Gasteiger partial charge in [-0.2, -0.15) is 0 Å². The molecule has 0 radical (unpaired) electrons. The third kappa shape index (κ3) is 6.24. The molecule has 0 aromatic heterocycles. The second-order valence-corrected chi connectivity index (χ2v) is 7.59. The second-order valence-electron chi connectivity index (χ2n) is 7.59. The number of hydrogen-bond acceptors (Lipinski definition) is 2. The van der Waals surface area contributed by atoms with Crippen molar-refractivity contribution in [2.24, 2.45) is 22.2 Å². The van der Waals surface area contributed by atoms with E-state index in [4.69, 9.17) is 0 Å². The van der Waals surface area contributed by atoms with E-state index in [1.807, 2.05) is 20.8 Å². The molecule has 0 saturated carbocycles. The molecule has 1 aliphatic rings. The maximum Gasteiger partial charge on any atom is 0.225 e. The van der Waals surface area contributed by atoms with Crippen molar-refractivity contribution in [1.29, 1.82) is 0 Å². The number of piperidine rings is 1. The largest absolute Gasteiger partial charge is 0.357 e. The fraction of sp³-hybridized carbons (Fsp3) is 0.882. The molecule has 128 valence electrons. The van der Waals surface area contributed by atoms with E-state index in [0.717, 1.165) is 25.6 Å². The summed E-state index contributed by atoms with van der Waals surface area (Å²) in [5, 5.41) is 6.32. The lowest BCUT2D eigenvalue weighted by atomic mass is 9.92. The molecule has 1 fully saturated rings. The first kappa shape index (κ1) is 18.8. The zero-order chi connectivity index (χ0) is 16.8. The molecule has 0 aliphatic carbocycles. The molecule has 22 heavy (non-hydrogen) atoms. The van der Waals surface area contributed by atoms with Crippen molar-refractivity contribution in [3.8, 4) is 0 Å². The summed E-state index contributed by atoms with van der Waals surface area (Å²) in [6, 6.07) is 0. The van der Waals surface area contributed by atoms with E-state index in [-0.39, 0.29) is 11.3 Å². The van der Waals surface area contributed by atoms with E-state index in [1.54, 1.807) is 0 Å². The van der Waals surface area contributed by atoms with Crippen LogP contribution in [-0.4, -0.2) is 49.5 Å². The zero-order valence-corrected chi connectivity index (χ0v) is 15.2. The van der Waals surface area contributed by atoms with Crippen LogP contribution in [-0.2, 0) is 4.79 Å². The van der Waals surface area contributed by atoms with Gasteiger partial charge >= 0.3 is 0 Å². The first-order valence-electron chi connectivity index (χ1n) is 8.55. The predicted molar refractivity (Wildman–Crippen MR) is 93.0 cm³/mol. The van der Waals surface area contributed by atoms with Crippen molar-refractivity contribution in [3.05, 3.63) is 0 Å². The molecular formula is C17H34N4O. The number of carbonyl (C=O) groups excluding carboxylic acids is 1. The van der Waals surface area contributed by atoms with Crippen molar-refractivity contribution in [3.63, 3.8) is 0 Å². The number of carbonyl (C=O) groups is 1. The minimum absolute atomic E-state index is 0.0768. The van der Waals surface area contributed by atoms with E-state index < -0.39 is 0 Å². The Balaban J connectivity index is 2.53. The van der Waals surface area contributed by atoms with Crippen LogP contribution in [0.4, 0.5) is 0 Å². The average Bonchev–Trinajstić information content (AvgIpc) is 2.39. The molecule has 1 heterocycles. The summed E-state index contributed by atoms with van der Waals surface area (Å²) in [5.41, 5.74) is -0.341. The van der Waals surface area contributed by atoms with Crippen molar-refractivity contribution in [2.75, 3.05) is 32.7 Å². The lowest BCUT2D eigenvalue weighted by Crippen LogP contribution is -2.48. The van der Waals surface area contributed by atoms with Crippen LogP contribution >= 0.6 is 0 Å². The van der Waals surface area contributed by atoms with Crippen molar-refractivity contribution in [2.45, 2.75) is 48.0 Å². The summed E-state index contributed by atoms with van der Waals surface area (Å²) in [5.74, 6) is 2.46. The highest BCUT2D eigenvalue weighted by Gasteiger charge is 2.24. The summed E-state index contributed by atoms with van der Waals surface area (Å²) in [4.78, 5) is 18.9. The Labute approximate surface area is 135 Å². The number of nitrogens with zero attached hydrogens (tertiary/aromatic N) is 2. The SMILES string of the molecule is CCNC(=NCCNC(=O)C(C)(C)C)N1CC(C)CC(C)C1. The summed E-state index contributed by atoms with van der Waals surface area (Å²) in [7, 11) is 0. The van der Waals surface area contributed by atoms with E-state index in [9.17, 15) is 4.79 Å². The van der Waals surface area contributed by atoms with Crippen LogP contribution in [0.3, 0.4) is 0 Å². The Morgan fingerprint density at radius 3 is 2.27 bits per heavy atom. The van der Waals surface area contributed by atoms with Gasteiger partial charge in [0.15, 0.2) is 5.96 Å². The van der Waals surface area contributed by atoms with Crippen molar-refractivity contribution >= 4 is 11.9 Å². The molecule has 0 spiro atoms. The third-order valence-corrected chi connectivity index (χ3v) is 3.84. The average molecular weight is 310 g/mol. The van der Waals surface area contributed by atoms with Crippen LogP contribution in [0.1, 0.15) is 48.0 Å². The number of likely N-dealkylation sites (tertiary alicyclic amines) is 1. The first-order chi connectivity index (χ1) is 10.2. The van der Waals surface area contributed by atoms with E-state index >= 15 is 0 Å². The highest BCUT2D eigenvalue weighted by atomic mass is 16.2. The number of nitrogens with one attached hydrogen (secondary N) is 2. The third-order valence-electron chi connectivity index (χ3n) is 3.84. The Morgan fingerprint density at radius 2 is 1.77 bits per heavy atom. The molecule has 0 bridgehead atoms. The summed E-state index contributed by atoms with van der Waals surface area (Å²) in [6.45, 7) is 16.7. The molecule has 1 aliphatic heterocycles. The zero-order valence-electron chi connectivity index (χ0n) is 15.2. The summed E-state index contributed by atoms with van der Waals surface area (Å²) >= 11 is 0. The normalized spacial score (nSPS) is 23.4. The van der Waals surface area contributed by atoms with Gasteiger partial charge in [-0.15, -0.1) is 0 Å². The van der Waals surface area contributed by atoms with Gasteiger partial charge in [0.25, 0.3) is 0 Å². The Bertz CT molecular complexity index is 377. The Hall–Kier alpha value is -1.26. The maximum atomic E-state index is 11.8. The van der Waals surface area contributed by atoms with Crippen molar-refractivity contribution in [1.82, 2.24) is 15.5 Å². The number of aliphatic imine (C=N–C) groups is 1. The summed E-state index contributed by atoms with van der Waals surface area (Å²) < 4.78 is 0. The van der Waals surface area contributed by atoms with Gasteiger partial charge in [-0.3, -0.25) is 9.79 Å². The van der Waals surface area contributed by atoms with Gasteiger partial charge in [-0.25, -0.2) is 0 Å². The van der Waals surface area contributed by atoms with Crippen molar-refractivity contribution < 1.29 is 4.79 Å². The van der Waals surface area contributed by atoms with Gasteiger partial charge in [0.05, 0.1) is 6.54 Å². The number of guanidine groups is 1. The molecule has 1 amide bonds. The van der Waals surface area contributed by atoms with Gasteiger partial charge in [0, 0.05) is 31.6 Å². The van der Waals surface area contributed by atoms with Crippen LogP contribution in [0.5, 0.6) is 0 Å². The fourth-order valence-corrected chi connectivity index (χ4v) is 2.86. The van der Waals surface area contributed by atoms with Gasteiger partial charge < -0.3 is 15.5 Å². The molecule has 2 unspecified atom stereocenters. The topological polar surface area (TPSA) is 56.7 Å². The van der Waals surface area contributed by atoms with E-state index in [2.05, 4.69) is 41.3 Å². The quantitative estimate of drug-likeness (QED) is 0.475. The monoisotopic (exact) mass is 310 g/mol. The van der Waals surface area contributed by atoms with Gasteiger partial charge in [-0.05, 0) is 25.2 Å². The van der Waals surface area contributed by atoms with Crippen LogP contribution in [0, 0.1) is 17.3 Å². The molecule has 5 nitrogen and oxygen atoms in total. The van der Waals surface area contributed by atoms with E-state index in [1.165, 1.54) is 6.42 Å². The first-order valence-corrected chi connectivity index (χ1v) is 8.55. The Morgan fingerprint density at radius 1 is 1.18 bits per heavy atom. The molecule has 0 aromatic carbocycles. The lowest BCUT2D eigenvalue weighted by Gasteiger charge is -2.37. The van der Waals surface area contributed by atoms with Crippen LogP contribution in [0.25, 0.3) is 0 Å². The molecule has 1 rings (SSSR count). The second kappa shape index (κ2) is 8.39. The smallest absolute Gasteiger partial charge is 0.225 e. The molecule has 2 atom stereocenters.